The number of nitrogens with one attached hydrogen (secondary N) is 2. The van der Waals surface area contributed by atoms with Crippen molar-refractivity contribution >= 4 is 39.3 Å². The normalized spacial score (nSPS) is 24.1. The van der Waals surface area contributed by atoms with Crippen LogP contribution >= 0.6 is 11.6 Å². The standard InChI is InChI=1S/C17H20ClN3O5S/c18-13-4-2-1-3-11(13)9-21-16(23)14(20-17(21)24)5-6-15(22)19-12-7-8-27(25,26)10-12/h1-4,12,14H,5-10H2,(H,19,22)(H,20,24)/t12?,14-/m0/s1. The first-order valence-corrected chi connectivity index (χ1v) is 10.8. The van der Waals surface area contributed by atoms with Gasteiger partial charge in [0.1, 0.15) is 6.04 Å². The predicted molar refractivity (Wildman–Crippen MR) is 98.8 cm³/mol. The summed E-state index contributed by atoms with van der Waals surface area (Å²) in [6.45, 7) is 0.0625. The Bertz CT molecular complexity index is 873. The van der Waals surface area contributed by atoms with Crippen LogP contribution in [0.4, 0.5) is 4.79 Å². The molecule has 8 nitrogen and oxygen atoms in total. The summed E-state index contributed by atoms with van der Waals surface area (Å²) in [7, 11) is -3.07. The molecule has 2 heterocycles. The van der Waals surface area contributed by atoms with Gasteiger partial charge in [0.2, 0.25) is 5.91 Å². The number of carbonyl (C=O) groups is 3. The maximum atomic E-state index is 12.5. The molecule has 0 spiro atoms. The lowest BCUT2D eigenvalue weighted by Crippen LogP contribution is -2.37. The summed E-state index contributed by atoms with van der Waals surface area (Å²) in [5.41, 5.74) is 0.656. The van der Waals surface area contributed by atoms with E-state index in [2.05, 4.69) is 10.6 Å². The first-order valence-electron chi connectivity index (χ1n) is 8.60. The molecular formula is C17H20ClN3O5S. The zero-order chi connectivity index (χ0) is 19.6. The first-order chi connectivity index (χ1) is 12.7. The second kappa shape index (κ2) is 7.85. The highest BCUT2D eigenvalue weighted by molar-refractivity contribution is 7.91. The third-order valence-corrected chi connectivity index (χ3v) is 6.79. The van der Waals surface area contributed by atoms with Crippen molar-refractivity contribution in [1.29, 1.82) is 0 Å². The van der Waals surface area contributed by atoms with E-state index >= 15 is 0 Å². The average Bonchev–Trinajstić information content (AvgIpc) is 3.07. The van der Waals surface area contributed by atoms with Crippen molar-refractivity contribution in [2.45, 2.75) is 37.9 Å². The molecule has 0 aliphatic carbocycles. The fraction of sp³-hybridized carbons (Fsp3) is 0.471. The molecule has 0 bridgehead atoms. The van der Waals surface area contributed by atoms with E-state index in [0.717, 1.165) is 4.90 Å². The Kier molecular flexibility index (Phi) is 5.71. The molecule has 0 saturated carbocycles. The van der Waals surface area contributed by atoms with Gasteiger partial charge in [-0.2, -0.15) is 0 Å². The number of hydrogen-bond donors (Lipinski definition) is 2. The minimum absolute atomic E-state index is 0.0210. The number of sulfone groups is 1. The quantitative estimate of drug-likeness (QED) is 0.671. The lowest BCUT2D eigenvalue weighted by Gasteiger charge is -2.14. The van der Waals surface area contributed by atoms with Crippen molar-refractivity contribution in [3.05, 3.63) is 34.9 Å². The van der Waals surface area contributed by atoms with Gasteiger partial charge in [-0.25, -0.2) is 13.2 Å². The molecule has 146 valence electrons. The summed E-state index contributed by atoms with van der Waals surface area (Å²) in [6.07, 6.45) is 0.570. The maximum absolute atomic E-state index is 12.5. The third-order valence-electron chi connectivity index (χ3n) is 4.65. The summed E-state index contributed by atoms with van der Waals surface area (Å²) >= 11 is 6.07. The van der Waals surface area contributed by atoms with E-state index in [1.165, 1.54) is 0 Å². The Labute approximate surface area is 162 Å². The van der Waals surface area contributed by atoms with Crippen molar-refractivity contribution in [3.8, 4) is 0 Å². The molecule has 0 aromatic heterocycles. The summed E-state index contributed by atoms with van der Waals surface area (Å²) in [5, 5.41) is 5.71. The number of imide groups is 1. The molecular weight excluding hydrogens is 394 g/mol. The molecule has 2 saturated heterocycles. The average molecular weight is 414 g/mol. The third kappa shape index (κ3) is 4.78. The van der Waals surface area contributed by atoms with E-state index in [-0.39, 0.29) is 42.8 Å². The van der Waals surface area contributed by atoms with E-state index < -0.39 is 27.8 Å². The van der Waals surface area contributed by atoms with Crippen LogP contribution in [-0.4, -0.2) is 54.8 Å². The zero-order valence-electron chi connectivity index (χ0n) is 14.5. The van der Waals surface area contributed by atoms with Crippen LogP contribution in [0.15, 0.2) is 24.3 Å². The second-order valence-electron chi connectivity index (χ2n) is 6.72. The van der Waals surface area contributed by atoms with Crippen LogP contribution < -0.4 is 10.6 Å². The van der Waals surface area contributed by atoms with E-state index in [9.17, 15) is 22.8 Å². The maximum Gasteiger partial charge on any atom is 0.325 e. The van der Waals surface area contributed by atoms with Crippen LogP contribution in [0, 0.1) is 0 Å². The number of carbonyl (C=O) groups excluding carboxylic acids is 3. The highest BCUT2D eigenvalue weighted by Crippen LogP contribution is 2.20. The second-order valence-corrected chi connectivity index (χ2v) is 9.36. The van der Waals surface area contributed by atoms with Crippen LogP contribution in [0.2, 0.25) is 5.02 Å². The predicted octanol–water partition coefficient (Wildman–Crippen LogP) is 0.844. The van der Waals surface area contributed by atoms with E-state index in [0.29, 0.717) is 17.0 Å². The Balaban J connectivity index is 1.51. The molecule has 2 aliphatic heterocycles. The van der Waals surface area contributed by atoms with Crippen LogP contribution in [0.3, 0.4) is 0 Å². The van der Waals surface area contributed by atoms with Gasteiger partial charge < -0.3 is 10.6 Å². The zero-order valence-corrected chi connectivity index (χ0v) is 16.1. The Morgan fingerprint density at radius 1 is 1.30 bits per heavy atom. The van der Waals surface area contributed by atoms with Crippen molar-refractivity contribution < 1.29 is 22.8 Å². The van der Waals surface area contributed by atoms with E-state index in [1.807, 2.05) is 0 Å². The largest absolute Gasteiger partial charge is 0.352 e. The van der Waals surface area contributed by atoms with Gasteiger partial charge in [-0.05, 0) is 24.5 Å². The molecule has 0 radical (unpaired) electrons. The lowest BCUT2D eigenvalue weighted by molar-refractivity contribution is -0.128. The molecule has 1 aromatic carbocycles. The molecule has 1 aromatic rings. The van der Waals surface area contributed by atoms with Gasteiger partial charge >= 0.3 is 6.03 Å². The van der Waals surface area contributed by atoms with Gasteiger partial charge in [-0.3, -0.25) is 14.5 Å². The van der Waals surface area contributed by atoms with Crippen molar-refractivity contribution in [3.63, 3.8) is 0 Å². The topological polar surface area (TPSA) is 113 Å². The summed E-state index contributed by atoms with van der Waals surface area (Å²) in [6, 6.07) is 5.26. The van der Waals surface area contributed by atoms with Gasteiger partial charge in [0.25, 0.3) is 5.91 Å². The molecule has 27 heavy (non-hydrogen) atoms. The number of urea groups is 1. The van der Waals surface area contributed by atoms with Gasteiger partial charge in [-0.15, -0.1) is 0 Å². The van der Waals surface area contributed by atoms with Crippen LogP contribution in [0.25, 0.3) is 0 Å². The summed E-state index contributed by atoms with van der Waals surface area (Å²) in [5.74, 6) is -0.713. The molecule has 2 N–H and O–H groups in total. The van der Waals surface area contributed by atoms with Crippen LogP contribution in [0.1, 0.15) is 24.8 Å². The van der Waals surface area contributed by atoms with Crippen molar-refractivity contribution in [1.82, 2.24) is 15.5 Å². The first kappa shape index (κ1) is 19.6. The summed E-state index contributed by atoms with van der Waals surface area (Å²) < 4.78 is 22.8. The number of benzene rings is 1. The number of rotatable bonds is 6. The molecule has 2 atom stereocenters. The number of amides is 4. The van der Waals surface area contributed by atoms with Gasteiger partial charge in [0.15, 0.2) is 9.84 Å². The smallest absolute Gasteiger partial charge is 0.325 e. The Morgan fingerprint density at radius 2 is 2.04 bits per heavy atom. The molecule has 3 rings (SSSR count). The van der Waals surface area contributed by atoms with Gasteiger partial charge in [0.05, 0.1) is 18.1 Å². The van der Waals surface area contributed by atoms with E-state index in [1.54, 1.807) is 24.3 Å². The molecule has 2 fully saturated rings. The fourth-order valence-electron chi connectivity index (χ4n) is 3.20. The summed E-state index contributed by atoms with van der Waals surface area (Å²) in [4.78, 5) is 37.6. The molecule has 2 aliphatic rings. The monoisotopic (exact) mass is 413 g/mol. The SMILES string of the molecule is O=C(CC[C@@H]1NC(=O)N(Cc2ccccc2Cl)C1=O)NC1CCS(=O)(=O)C1. The van der Waals surface area contributed by atoms with Gasteiger partial charge in [-0.1, -0.05) is 29.8 Å². The minimum Gasteiger partial charge on any atom is -0.352 e. The molecule has 4 amide bonds. The minimum atomic E-state index is -3.07. The molecule has 10 heteroatoms. The van der Waals surface area contributed by atoms with Crippen molar-refractivity contribution in [2.24, 2.45) is 0 Å². The highest BCUT2D eigenvalue weighted by atomic mass is 35.5. The van der Waals surface area contributed by atoms with Gasteiger partial charge in [0, 0.05) is 17.5 Å². The number of halogens is 1. The van der Waals surface area contributed by atoms with Crippen LogP contribution in [-0.2, 0) is 26.0 Å². The lowest BCUT2D eigenvalue weighted by atomic mass is 10.1. The Morgan fingerprint density at radius 3 is 2.70 bits per heavy atom. The molecule has 1 unspecified atom stereocenters. The van der Waals surface area contributed by atoms with E-state index in [4.69, 9.17) is 11.6 Å². The fourth-order valence-corrected chi connectivity index (χ4v) is 5.07. The van der Waals surface area contributed by atoms with Crippen molar-refractivity contribution in [2.75, 3.05) is 11.5 Å². The Hall–Kier alpha value is -2.13. The number of hydrogen-bond acceptors (Lipinski definition) is 5. The highest BCUT2D eigenvalue weighted by Gasteiger charge is 2.38. The number of nitrogens with zero attached hydrogens (tertiary/aromatic N) is 1. The van der Waals surface area contributed by atoms with Crippen LogP contribution in [0.5, 0.6) is 0 Å².